The summed E-state index contributed by atoms with van der Waals surface area (Å²) in [7, 11) is 0. The van der Waals surface area contributed by atoms with Crippen molar-refractivity contribution in [2.24, 2.45) is 15.9 Å². The zero-order chi connectivity index (χ0) is 25.8. The first kappa shape index (κ1) is 28.0. The lowest BCUT2D eigenvalue weighted by molar-refractivity contribution is -0.123. The number of hydrogen-bond donors (Lipinski definition) is 0. The third-order valence-corrected chi connectivity index (χ3v) is 7.11. The Balaban J connectivity index is 0.000000383. The minimum atomic E-state index is 0.225. The summed E-state index contributed by atoms with van der Waals surface area (Å²) >= 11 is 0. The summed E-state index contributed by atoms with van der Waals surface area (Å²) in [5, 5.41) is 0.926. The van der Waals surface area contributed by atoms with E-state index in [1.807, 2.05) is 12.3 Å². The summed E-state index contributed by atoms with van der Waals surface area (Å²) < 4.78 is 0. The number of ketones is 1. The Morgan fingerprint density at radius 2 is 1.58 bits per heavy atom. The molecular weight excluding hydrogens is 446 g/mol. The number of fused-ring (bicyclic) bond motifs is 1. The number of carbonyl (C=O) groups is 1. The van der Waals surface area contributed by atoms with Gasteiger partial charge in [-0.2, -0.15) is 0 Å². The van der Waals surface area contributed by atoms with E-state index in [1.165, 1.54) is 36.9 Å². The van der Waals surface area contributed by atoms with Crippen molar-refractivity contribution in [2.75, 3.05) is 44.3 Å². The zero-order valence-corrected chi connectivity index (χ0v) is 22.9. The highest BCUT2D eigenvalue weighted by molar-refractivity contribution is 5.81. The summed E-state index contributed by atoms with van der Waals surface area (Å²) in [5.74, 6) is 0.689. The molecule has 6 heteroatoms. The number of nitrogens with zero attached hydrogens (tertiary/aromatic N) is 5. The smallest absolute Gasteiger partial charge is 0.177 e. The number of benzene rings is 1. The van der Waals surface area contributed by atoms with Crippen molar-refractivity contribution >= 4 is 11.5 Å². The first-order valence-corrected chi connectivity index (χ1v) is 13.9. The van der Waals surface area contributed by atoms with Crippen LogP contribution in [0.3, 0.4) is 0 Å². The molecule has 2 aliphatic heterocycles. The van der Waals surface area contributed by atoms with Crippen LogP contribution >= 0.6 is 0 Å². The van der Waals surface area contributed by atoms with Gasteiger partial charge in [0.15, 0.2) is 5.49 Å². The number of hydrogen-bond acceptors (Lipinski definition) is 6. The minimum Gasteiger partial charge on any atom is -0.370 e. The second kappa shape index (κ2) is 14.8. The highest BCUT2D eigenvalue weighted by Crippen LogP contribution is 2.23. The molecule has 1 saturated heterocycles. The Morgan fingerprint density at radius 1 is 0.917 bits per heavy atom. The summed E-state index contributed by atoms with van der Waals surface area (Å²) in [5.41, 5.74) is 4.55. The Labute approximate surface area is 217 Å². The number of pyridine rings is 1. The normalized spacial score (nSPS) is 15.1. The van der Waals surface area contributed by atoms with Gasteiger partial charge in [0, 0.05) is 31.6 Å². The largest absolute Gasteiger partial charge is 0.370 e. The lowest BCUT2D eigenvalue weighted by Crippen LogP contribution is -2.41. The molecule has 2 aliphatic rings. The Kier molecular flexibility index (Phi) is 11.5. The minimum absolute atomic E-state index is 0.225. The lowest BCUT2D eigenvalue weighted by atomic mass is 9.90. The van der Waals surface area contributed by atoms with Crippen molar-refractivity contribution in [1.82, 2.24) is 9.88 Å². The first-order valence-electron chi connectivity index (χ1n) is 13.9. The quantitative estimate of drug-likeness (QED) is 0.458. The number of Topliss-reactive ketones (excluding diaryl/α,β-unsaturated/α-hetero) is 1. The molecule has 196 valence electrons. The van der Waals surface area contributed by atoms with E-state index in [9.17, 15) is 4.79 Å². The average Bonchev–Trinajstić information content (AvgIpc) is 3.38. The molecule has 4 rings (SSSR count). The molecule has 0 amide bonds. The second-order valence-corrected chi connectivity index (χ2v) is 10.1. The molecule has 1 aromatic carbocycles. The molecule has 1 fully saturated rings. The van der Waals surface area contributed by atoms with Crippen LogP contribution < -0.4 is 15.7 Å². The predicted molar refractivity (Wildman–Crippen MR) is 148 cm³/mol. The number of rotatable bonds is 11. The topological polar surface area (TPSA) is 61.2 Å². The molecule has 0 spiro atoms. The van der Waals surface area contributed by atoms with Crippen LogP contribution in [0.1, 0.15) is 69.9 Å². The Morgan fingerprint density at radius 3 is 2.22 bits per heavy atom. The van der Waals surface area contributed by atoms with Gasteiger partial charge in [-0.3, -0.25) is 9.79 Å². The summed E-state index contributed by atoms with van der Waals surface area (Å²) in [6.45, 7) is 14.4. The van der Waals surface area contributed by atoms with Crippen LogP contribution in [0.2, 0.25) is 0 Å². The van der Waals surface area contributed by atoms with E-state index in [4.69, 9.17) is 0 Å². The van der Waals surface area contributed by atoms with Crippen molar-refractivity contribution in [3.05, 3.63) is 58.5 Å². The van der Waals surface area contributed by atoms with Crippen LogP contribution in [0.25, 0.3) is 0 Å². The van der Waals surface area contributed by atoms with Gasteiger partial charge in [-0.1, -0.05) is 55.7 Å². The van der Waals surface area contributed by atoms with Gasteiger partial charge < -0.3 is 9.80 Å². The molecule has 0 aliphatic carbocycles. The van der Waals surface area contributed by atoms with Crippen LogP contribution in [0, 0.1) is 19.8 Å². The Bertz CT molecular complexity index is 1040. The fourth-order valence-corrected chi connectivity index (χ4v) is 4.92. The zero-order valence-electron chi connectivity index (χ0n) is 22.9. The summed E-state index contributed by atoms with van der Waals surface area (Å²) in [6, 6.07) is 10.5. The summed E-state index contributed by atoms with van der Waals surface area (Å²) in [4.78, 5) is 30.7. The number of anilines is 1. The van der Waals surface area contributed by atoms with Gasteiger partial charge in [-0.15, -0.1) is 0 Å². The van der Waals surface area contributed by atoms with E-state index in [0.29, 0.717) is 12.5 Å². The molecule has 6 nitrogen and oxygen atoms in total. The maximum Gasteiger partial charge on any atom is 0.177 e. The highest BCUT2D eigenvalue weighted by atomic mass is 16.1. The van der Waals surface area contributed by atoms with E-state index in [0.717, 1.165) is 68.4 Å². The van der Waals surface area contributed by atoms with Crippen LogP contribution in [0.15, 0.2) is 46.5 Å². The molecule has 36 heavy (non-hydrogen) atoms. The van der Waals surface area contributed by atoms with E-state index in [1.54, 1.807) is 0 Å². The van der Waals surface area contributed by atoms with Gasteiger partial charge in [0.25, 0.3) is 0 Å². The molecule has 0 atom stereocenters. The fraction of sp³-hybridized carbons (Fsp3) is 0.600. The Hall–Kier alpha value is -2.60. The predicted octanol–water partition coefficient (Wildman–Crippen LogP) is 4.67. The monoisotopic (exact) mass is 491 g/mol. The van der Waals surface area contributed by atoms with Gasteiger partial charge >= 0.3 is 0 Å². The van der Waals surface area contributed by atoms with Crippen molar-refractivity contribution in [3.63, 3.8) is 0 Å². The highest BCUT2D eigenvalue weighted by Gasteiger charge is 2.25. The number of unbranched alkanes of at least 4 members (excludes halogenated alkanes) is 1. The van der Waals surface area contributed by atoms with Crippen molar-refractivity contribution in [3.8, 4) is 0 Å². The molecule has 1 aromatic heterocycles. The fourth-order valence-electron chi connectivity index (χ4n) is 4.92. The molecule has 0 unspecified atom stereocenters. The van der Waals surface area contributed by atoms with E-state index < -0.39 is 0 Å². The number of carbonyl (C=O) groups excluding carboxylic acids is 1. The van der Waals surface area contributed by atoms with Crippen molar-refractivity contribution in [2.45, 2.75) is 72.6 Å². The van der Waals surface area contributed by atoms with Gasteiger partial charge in [-0.05, 0) is 71.7 Å². The van der Waals surface area contributed by atoms with Crippen LogP contribution in [-0.2, 0) is 4.79 Å². The first-order chi connectivity index (χ1) is 17.5. The van der Waals surface area contributed by atoms with E-state index in [2.05, 4.69) is 76.7 Å². The third-order valence-electron chi connectivity index (χ3n) is 7.11. The van der Waals surface area contributed by atoms with Crippen molar-refractivity contribution < 1.29 is 4.79 Å². The van der Waals surface area contributed by atoms with Crippen LogP contribution in [0.5, 0.6) is 0 Å². The standard InChI is InChI=1S/C22H35N5O.C8H10/c1-3-5-13-26(12-4-2)14-6-7-20(28)18-9-15-27(16-10-18)19-8-11-23-22-21(19)24-17-25-22;1-7-3-5-8(2)6-4-7/h8,11,18H,3-7,9-10,12-17H2,1-2H3;3-6H,1-2H3. The summed E-state index contributed by atoms with van der Waals surface area (Å²) in [6.07, 6.45) is 9.12. The van der Waals surface area contributed by atoms with Gasteiger partial charge in [0.1, 0.15) is 17.8 Å². The number of aromatic nitrogens is 1. The van der Waals surface area contributed by atoms with Gasteiger partial charge in [-0.25, -0.2) is 9.98 Å². The molecule has 0 N–H and O–H groups in total. The van der Waals surface area contributed by atoms with E-state index >= 15 is 0 Å². The van der Waals surface area contributed by atoms with Crippen molar-refractivity contribution in [1.29, 1.82) is 0 Å². The SMILES string of the molecule is CCCCN(CCC)CCCC(=O)C1CCN(c2ccnc3c2=NCN=3)CC1.Cc1ccc(C)cc1. The van der Waals surface area contributed by atoms with Gasteiger partial charge in [0.05, 0.1) is 5.69 Å². The molecule has 0 bridgehead atoms. The third kappa shape index (κ3) is 8.51. The number of aryl methyl sites for hydroxylation is 2. The second-order valence-electron chi connectivity index (χ2n) is 10.1. The lowest BCUT2D eigenvalue weighted by Gasteiger charge is -2.33. The van der Waals surface area contributed by atoms with Crippen LogP contribution in [0.4, 0.5) is 5.69 Å². The van der Waals surface area contributed by atoms with Crippen LogP contribution in [-0.4, -0.2) is 55.1 Å². The maximum absolute atomic E-state index is 12.7. The maximum atomic E-state index is 12.7. The molecule has 2 aromatic rings. The molecule has 3 heterocycles. The molecule has 0 saturated carbocycles. The van der Waals surface area contributed by atoms with E-state index in [-0.39, 0.29) is 5.92 Å². The number of piperidine rings is 1. The molecule has 0 radical (unpaired) electrons. The molecular formula is C30H45N5O. The van der Waals surface area contributed by atoms with Gasteiger partial charge in [0.2, 0.25) is 0 Å². The average molecular weight is 492 g/mol.